The predicted octanol–water partition coefficient (Wildman–Crippen LogP) is 4.33. The molecule has 1 aliphatic rings. The van der Waals surface area contributed by atoms with Crippen LogP contribution in [0.2, 0.25) is 5.02 Å². The number of morpholine rings is 1. The molecule has 0 spiro atoms. The van der Waals surface area contributed by atoms with E-state index < -0.39 is 0 Å². The molecule has 156 valence electrons. The second-order valence-corrected chi connectivity index (χ2v) is 7.56. The van der Waals surface area contributed by atoms with Gasteiger partial charge in [0.25, 0.3) is 0 Å². The van der Waals surface area contributed by atoms with Gasteiger partial charge in [0, 0.05) is 41.4 Å². The third-order valence-corrected chi connectivity index (χ3v) is 5.45. The van der Waals surface area contributed by atoms with Crippen molar-refractivity contribution in [3.8, 4) is 11.3 Å². The topological polar surface area (TPSA) is 67.0 Å². The number of nitrogens with zero attached hydrogens (tertiary/aromatic N) is 5. The van der Waals surface area contributed by atoms with Gasteiger partial charge in [-0.2, -0.15) is 14.7 Å². The molecule has 0 radical (unpaired) electrons. The number of rotatable bonds is 5. The van der Waals surface area contributed by atoms with E-state index in [1.807, 2.05) is 71.2 Å². The molecule has 2 aromatic heterocycles. The lowest BCUT2D eigenvalue weighted by Gasteiger charge is -2.29. The Hall–Kier alpha value is -3.42. The molecule has 1 N–H and O–H groups in total. The lowest BCUT2D eigenvalue weighted by atomic mass is 10.2. The summed E-state index contributed by atoms with van der Waals surface area (Å²) < 4.78 is 7.41. The van der Waals surface area contributed by atoms with Crippen molar-refractivity contribution in [3.05, 3.63) is 77.3 Å². The van der Waals surface area contributed by atoms with Gasteiger partial charge >= 0.3 is 0 Å². The molecule has 1 aliphatic heterocycles. The number of hydrazone groups is 1. The van der Waals surface area contributed by atoms with E-state index in [9.17, 15) is 0 Å². The van der Waals surface area contributed by atoms with Crippen LogP contribution in [-0.4, -0.2) is 47.1 Å². The number of anilines is 2. The van der Waals surface area contributed by atoms with E-state index in [4.69, 9.17) is 26.4 Å². The third-order valence-electron chi connectivity index (χ3n) is 5.10. The first-order valence-corrected chi connectivity index (χ1v) is 10.5. The predicted molar refractivity (Wildman–Crippen MR) is 124 cm³/mol. The molecule has 7 nitrogen and oxygen atoms in total. The van der Waals surface area contributed by atoms with Crippen molar-refractivity contribution in [1.82, 2.24) is 14.6 Å². The van der Waals surface area contributed by atoms with Crippen LogP contribution in [0.4, 0.5) is 11.6 Å². The van der Waals surface area contributed by atoms with E-state index in [-0.39, 0.29) is 0 Å². The van der Waals surface area contributed by atoms with Gasteiger partial charge in [0.15, 0.2) is 11.5 Å². The summed E-state index contributed by atoms with van der Waals surface area (Å²) in [5.74, 6) is 1.59. The fraction of sp³-hybridized carbons (Fsp3) is 0.174. The normalized spacial score (nSPS) is 14.4. The minimum atomic E-state index is 0.636. The summed E-state index contributed by atoms with van der Waals surface area (Å²) in [6, 6.07) is 21.6. The molecule has 2 aromatic carbocycles. The van der Waals surface area contributed by atoms with Crippen LogP contribution in [0.15, 0.2) is 71.8 Å². The molecule has 3 heterocycles. The van der Waals surface area contributed by atoms with Crippen molar-refractivity contribution in [3.63, 3.8) is 0 Å². The number of hydrogen-bond acceptors (Lipinski definition) is 6. The molecule has 1 fully saturated rings. The van der Waals surface area contributed by atoms with Crippen LogP contribution in [-0.2, 0) is 4.74 Å². The number of halogens is 1. The largest absolute Gasteiger partial charge is 0.378 e. The highest BCUT2D eigenvalue weighted by molar-refractivity contribution is 6.33. The van der Waals surface area contributed by atoms with Crippen molar-refractivity contribution < 1.29 is 4.74 Å². The van der Waals surface area contributed by atoms with Crippen molar-refractivity contribution in [2.24, 2.45) is 5.10 Å². The Bertz CT molecular complexity index is 1220. The lowest BCUT2D eigenvalue weighted by Crippen LogP contribution is -2.37. The molecule has 0 aliphatic carbocycles. The maximum atomic E-state index is 6.21. The second kappa shape index (κ2) is 8.75. The number of hydrogen-bond donors (Lipinski definition) is 1. The van der Waals surface area contributed by atoms with Crippen LogP contribution in [0, 0.1) is 0 Å². The summed E-state index contributed by atoms with van der Waals surface area (Å²) in [7, 11) is 0. The van der Waals surface area contributed by atoms with E-state index in [2.05, 4.69) is 15.4 Å². The molecule has 5 rings (SSSR count). The smallest absolute Gasteiger partial charge is 0.160 e. The summed E-state index contributed by atoms with van der Waals surface area (Å²) in [5.41, 5.74) is 6.55. The van der Waals surface area contributed by atoms with E-state index in [1.54, 1.807) is 6.21 Å². The van der Waals surface area contributed by atoms with Gasteiger partial charge in [-0.3, -0.25) is 5.43 Å². The van der Waals surface area contributed by atoms with Crippen molar-refractivity contribution in [2.45, 2.75) is 0 Å². The van der Waals surface area contributed by atoms with Gasteiger partial charge in [0.1, 0.15) is 5.82 Å². The molecule has 0 saturated carbocycles. The molecule has 4 aromatic rings. The van der Waals surface area contributed by atoms with Gasteiger partial charge in [-0.1, -0.05) is 60.1 Å². The maximum absolute atomic E-state index is 6.21. The van der Waals surface area contributed by atoms with Crippen molar-refractivity contribution in [1.29, 1.82) is 0 Å². The van der Waals surface area contributed by atoms with Crippen LogP contribution < -0.4 is 10.3 Å². The monoisotopic (exact) mass is 432 g/mol. The van der Waals surface area contributed by atoms with Crippen LogP contribution in [0.25, 0.3) is 16.9 Å². The molecular formula is C23H21ClN6O. The summed E-state index contributed by atoms with van der Waals surface area (Å²) in [6.07, 6.45) is 1.69. The van der Waals surface area contributed by atoms with Gasteiger partial charge in [-0.15, -0.1) is 0 Å². The zero-order valence-electron chi connectivity index (χ0n) is 16.8. The highest BCUT2D eigenvalue weighted by Crippen LogP contribution is 2.25. The summed E-state index contributed by atoms with van der Waals surface area (Å²) in [5, 5.41) is 9.81. The average Bonchev–Trinajstić information content (AvgIpc) is 3.25. The molecule has 8 heteroatoms. The first-order valence-electron chi connectivity index (χ1n) is 10.1. The minimum Gasteiger partial charge on any atom is -0.378 e. The number of ether oxygens (including phenoxy) is 1. The van der Waals surface area contributed by atoms with Crippen molar-refractivity contribution in [2.75, 3.05) is 36.6 Å². The number of fused-ring (bicyclic) bond motifs is 1. The van der Waals surface area contributed by atoms with E-state index in [1.165, 1.54) is 0 Å². The Morgan fingerprint density at radius 2 is 1.77 bits per heavy atom. The molecule has 0 atom stereocenters. The molecule has 0 unspecified atom stereocenters. The third kappa shape index (κ3) is 4.23. The fourth-order valence-electron chi connectivity index (χ4n) is 3.53. The van der Waals surface area contributed by atoms with Gasteiger partial charge in [-0.25, -0.2) is 4.98 Å². The summed E-state index contributed by atoms with van der Waals surface area (Å²) >= 11 is 6.21. The highest BCUT2D eigenvalue weighted by Gasteiger charge is 2.18. The van der Waals surface area contributed by atoms with Crippen molar-refractivity contribution >= 4 is 35.1 Å². The van der Waals surface area contributed by atoms with Gasteiger partial charge in [-0.05, 0) is 6.07 Å². The SMILES string of the molecule is Clc1ccccc1C=NNc1cc(N2CCOCC2)n2nc(-c3ccccc3)cc2n1. The Morgan fingerprint density at radius 3 is 2.58 bits per heavy atom. The fourth-order valence-corrected chi connectivity index (χ4v) is 3.72. The van der Waals surface area contributed by atoms with E-state index >= 15 is 0 Å². The Balaban J connectivity index is 1.51. The van der Waals surface area contributed by atoms with Gasteiger partial charge < -0.3 is 9.64 Å². The van der Waals surface area contributed by atoms with Gasteiger partial charge in [0.05, 0.1) is 25.1 Å². The second-order valence-electron chi connectivity index (χ2n) is 7.16. The lowest BCUT2D eigenvalue weighted by molar-refractivity contribution is 0.122. The van der Waals surface area contributed by atoms with Crippen LogP contribution in [0.1, 0.15) is 5.56 Å². The van der Waals surface area contributed by atoms with Crippen LogP contribution >= 0.6 is 11.6 Å². The number of aromatic nitrogens is 3. The Morgan fingerprint density at radius 1 is 1.00 bits per heavy atom. The van der Waals surface area contributed by atoms with Crippen LogP contribution in [0.3, 0.4) is 0 Å². The first-order chi connectivity index (χ1) is 15.3. The zero-order chi connectivity index (χ0) is 21.0. The molecule has 31 heavy (non-hydrogen) atoms. The maximum Gasteiger partial charge on any atom is 0.160 e. The highest BCUT2D eigenvalue weighted by atomic mass is 35.5. The standard InChI is InChI=1S/C23H21ClN6O/c24-19-9-5-4-8-18(19)16-25-27-21-15-23(29-10-12-31-13-11-29)30-22(26-21)14-20(28-30)17-6-2-1-3-7-17/h1-9,14-16H,10-13H2,(H,26,27). The minimum absolute atomic E-state index is 0.636. The molecule has 0 amide bonds. The molecular weight excluding hydrogens is 412 g/mol. The number of nitrogens with one attached hydrogen (secondary N) is 1. The van der Waals surface area contributed by atoms with E-state index in [0.29, 0.717) is 24.1 Å². The van der Waals surface area contributed by atoms with Gasteiger partial charge in [0.2, 0.25) is 0 Å². The summed E-state index contributed by atoms with van der Waals surface area (Å²) in [4.78, 5) is 6.97. The number of benzene rings is 2. The first kappa shape index (κ1) is 19.5. The Labute approximate surface area is 184 Å². The van der Waals surface area contributed by atoms with E-state index in [0.717, 1.165) is 41.4 Å². The molecule has 1 saturated heterocycles. The van der Waals surface area contributed by atoms with Crippen LogP contribution in [0.5, 0.6) is 0 Å². The molecule has 0 bridgehead atoms. The Kier molecular flexibility index (Phi) is 5.52. The average molecular weight is 433 g/mol. The zero-order valence-corrected chi connectivity index (χ0v) is 17.5. The summed E-state index contributed by atoms with van der Waals surface area (Å²) in [6.45, 7) is 2.96. The quantitative estimate of drug-likeness (QED) is 0.375.